The molecule has 0 saturated heterocycles. The van der Waals surface area contributed by atoms with Crippen LogP contribution in [0.3, 0.4) is 0 Å². The van der Waals surface area contributed by atoms with Crippen LogP contribution in [0, 0.1) is 0 Å². The molecule has 1 aromatic rings. The molecule has 1 aliphatic rings. The zero-order chi connectivity index (χ0) is 11.3. The van der Waals surface area contributed by atoms with Crippen molar-refractivity contribution in [2.24, 2.45) is 11.5 Å². The van der Waals surface area contributed by atoms with E-state index in [0.29, 0.717) is 0 Å². The SMILES string of the molecule is CCc1cccc2c1CC(N)(N)C2(C)C. The first kappa shape index (κ1) is 10.7. The van der Waals surface area contributed by atoms with Crippen LogP contribution >= 0.6 is 0 Å². The summed E-state index contributed by atoms with van der Waals surface area (Å²) in [6.07, 6.45) is 1.84. The molecule has 1 aromatic carbocycles. The third kappa shape index (κ3) is 1.32. The molecule has 0 heterocycles. The molecule has 15 heavy (non-hydrogen) atoms. The van der Waals surface area contributed by atoms with Gasteiger partial charge >= 0.3 is 0 Å². The maximum absolute atomic E-state index is 6.21. The van der Waals surface area contributed by atoms with Gasteiger partial charge in [-0.1, -0.05) is 39.0 Å². The number of aryl methyl sites for hydroxylation is 1. The number of rotatable bonds is 1. The van der Waals surface area contributed by atoms with Crippen LogP contribution in [0.1, 0.15) is 37.5 Å². The third-order valence-corrected chi connectivity index (χ3v) is 3.96. The van der Waals surface area contributed by atoms with Gasteiger partial charge < -0.3 is 11.5 Å². The average molecular weight is 204 g/mol. The Balaban J connectivity index is 2.62. The van der Waals surface area contributed by atoms with Crippen molar-refractivity contribution >= 4 is 0 Å². The van der Waals surface area contributed by atoms with E-state index in [-0.39, 0.29) is 5.41 Å². The van der Waals surface area contributed by atoms with Crippen molar-refractivity contribution in [1.82, 2.24) is 0 Å². The second kappa shape index (κ2) is 3.06. The van der Waals surface area contributed by atoms with Gasteiger partial charge in [-0.15, -0.1) is 0 Å². The predicted molar refractivity (Wildman–Crippen MR) is 63.7 cm³/mol. The summed E-state index contributed by atoms with van der Waals surface area (Å²) in [5.74, 6) is 0. The lowest BCUT2D eigenvalue weighted by Crippen LogP contribution is -2.60. The number of benzene rings is 1. The first-order valence-corrected chi connectivity index (χ1v) is 5.59. The molecule has 2 nitrogen and oxygen atoms in total. The second-order valence-electron chi connectivity index (χ2n) is 5.14. The molecular formula is C13H20N2. The van der Waals surface area contributed by atoms with Gasteiger partial charge in [0.1, 0.15) is 0 Å². The molecule has 0 aliphatic heterocycles. The van der Waals surface area contributed by atoms with Gasteiger partial charge in [-0.25, -0.2) is 0 Å². The molecule has 0 atom stereocenters. The topological polar surface area (TPSA) is 52.0 Å². The predicted octanol–water partition coefficient (Wildman–Crippen LogP) is 1.70. The van der Waals surface area contributed by atoms with Gasteiger partial charge in [-0.3, -0.25) is 0 Å². The highest BCUT2D eigenvalue weighted by atomic mass is 15.0. The summed E-state index contributed by atoms with van der Waals surface area (Å²) in [4.78, 5) is 0. The van der Waals surface area contributed by atoms with Gasteiger partial charge in [0.2, 0.25) is 0 Å². The fourth-order valence-electron chi connectivity index (χ4n) is 2.52. The molecule has 82 valence electrons. The van der Waals surface area contributed by atoms with Crippen LogP contribution in [0.25, 0.3) is 0 Å². The smallest absolute Gasteiger partial charge is 0.0772 e. The number of hydrogen-bond donors (Lipinski definition) is 2. The Morgan fingerprint density at radius 1 is 1.27 bits per heavy atom. The standard InChI is InChI=1S/C13H20N2/c1-4-9-6-5-7-11-10(9)8-13(14,15)12(11,2)3/h5-7H,4,8,14-15H2,1-3H3. The highest BCUT2D eigenvalue weighted by Gasteiger charge is 2.47. The normalized spacial score (nSPS) is 21.4. The van der Waals surface area contributed by atoms with Crippen molar-refractivity contribution in [1.29, 1.82) is 0 Å². The van der Waals surface area contributed by atoms with E-state index in [2.05, 4.69) is 39.0 Å². The molecule has 0 bridgehead atoms. The molecule has 0 amide bonds. The van der Waals surface area contributed by atoms with Crippen molar-refractivity contribution in [2.75, 3.05) is 0 Å². The Morgan fingerprint density at radius 3 is 2.53 bits per heavy atom. The number of hydrogen-bond acceptors (Lipinski definition) is 2. The summed E-state index contributed by atoms with van der Waals surface area (Å²) in [5, 5.41) is 0. The van der Waals surface area contributed by atoms with E-state index in [1.807, 2.05) is 0 Å². The van der Waals surface area contributed by atoms with Gasteiger partial charge in [0.15, 0.2) is 0 Å². The molecular weight excluding hydrogens is 184 g/mol. The Bertz CT molecular complexity index is 392. The van der Waals surface area contributed by atoms with Crippen LogP contribution in [-0.4, -0.2) is 5.66 Å². The molecule has 4 N–H and O–H groups in total. The molecule has 0 fully saturated rings. The van der Waals surface area contributed by atoms with E-state index in [1.165, 1.54) is 16.7 Å². The molecule has 0 saturated carbocycles. The second-order valence-corrected chi connectivity index (χ2v) is 5.14. The van der Waals surface area contributed by atoms with Gasteiger partial charge in [-0.2, -0.15) is 0 Å². The lowest BCUT2D eigenvalue weighted by Gasteiger charge is -2.34. The van der Waals surface area contributed by atoms with E-state index >= 15 is 0 Å². The van der Waals surface area contributed by atoms with Crippen LogP contribution in [0.5, 0.6) is 0 Å². The Labute approximate surface area is 91.7 Å². The van der Waals surface area contributed by atoms with E-state index in [0.717, 1.165) is 12.8 Å². The van der Waals surface area contributed by atoms with Gasteiger partial charge in [0.05, 0.1) is 5.66 Å². The maximum atomic E-state index is 6.21. The molecule has 0 spiro atoms. The van der Waals surface area contributed by atoms with Crippen molar-refractivity contribution in [3.63, 3.8) is 0 Å². The van der Waals surface area contributed by atoms with Crippen molar-refractivity contribution in [3.05, 3.63) is 34.9 Å². The van der Waals surface area contributed by atoms with Crippen molar-refractivity contribution in [2.45, 2.75) is 44.7 Å². The van der Waals surface area contributed by atoms with Crippen LogP contribution in [0.4, 0.5) is 0 Å². The maximum Gasteiger partial charge on any atom is 0.0772 e. The fraction of sp³-hybridized carbons (Fsp3) is 0.538. The number of nitrogens with two attached hydrogens (primary N) is 2. The van der Waals surface area contributed by atoms with Gasteiger partial charge in [-0.05, 0) is 23.1 Å². The summed E-state index contributed by atoms with van der Waals surface area (Å²) < 4.78 is 0. The van der Waals surface area contributed by atoms with Gasteiger partial charge in [0.25, 0.3) is 0 Å². The summed E-state index contributed by atoms with van der Waals surface area (Å²) >= 11 is 0. The zero-order valence-electron chi connectivity index (χ0n) is 9.80. The molecule has 0 unspecified atom stereocenters. The largest absolute Gasteiger partial charge is 0.312 e. The Kier molecular flexibility index (Phi) is 2.18. The first-order chi connectivity index (χ1) is 6.90. The van der Waals surface area contributed by atoms with E-state index < -0.39 is 5.66 Å². The summed E-state index contributed by atoms with van der Waals surface area (Å²) in [5.41, 5.74) is 15.8. The minimum Gasteiger partial charge on any atom is -0.312 e. The third-order valence-electron chi connectivity index (χ3n) is 3.96. The highest BCUT2D eigenvalue weighted by Crippen LogP contribution is 2.42. The molecule has 0 aromatic heterocycles. The van der Waals surface area contributed by atoms with Crippen LogP contribution in [-0.2, 0) is 18.3 Å². The van der Waals surface area contributed by atoms with E-state index in [4.69, 9.17) is 11.5 Å². The van der Waals surface area contributed by atoms with E-state index in [1.54, 1.807) is 0 Å². The minimum atomic E-state index is -0.611. The number of fused-ring (bicyclic) bond motifs is 1. The minimum absolute atomic E-state index is 0.131. The lowest BCUT2D eigenvalue weighted by molar-refractivity contribution is 0.291. The quantitative estimate of drug-likeness (QED) is 0.684. The molecule has 2 rings (SSSR count). The van der Waals surface area contributed by atoms with Crippen LogP contribution in [0.15, 0.2) is 18.2 Å². The molecule has 1 aliphatic carbocycles. The van der Waals surface area contributed by atoms with Gasteiger partial charge in [0, 0.05) is 11.8 Å². The summed E-state index contributed by atoms with van der Waals surface area (Å²) in [6.45, 7) is 6.45. The molecule has 2 heteroatoms. The zero-order valence-corrected chi connectivity index (χ0v) is 9.80. The average Bonchev–Trinajstić information content (AvgIpc) is 2.34. The fourth-order valence-corrected chi connectivity index (χ4v) is 2.52. The monoisotopic (exact) mass is 204 g/mol. The Hall–Kier alpha value is -0.860. The van der Waals surface area contributed by atoms with Crippen LogP contribution < -0.4 is 11.5 Å². The summed E-state index contributed by atoms with van der Waals surface area (Å²) in [6, 6.07) is 6.45. The summed E-state index contributed by atoms with van der Waals surface area (Å²) in [7, 11) is 0. The van der Waals surface area contributed by atoms with Crippen molar-refractivity contribution < 1.29 is 0 Å². The first-order valence-electron chi connectivity index (χ1n) is 5.59. The lowest BCUT2D eigenvalue weighted by atomic mass is 9.79. The highest BCUT2D eigenvalue weighted by molar-refractivity contribution is 5.48. The van der Waals surface area contributed by atoms with E-state index in [9.17, 15) is 0 Å². The molecule has 0 radical (unpaired) electrons. The van der Waals surface area contributed by atoms with Crippen molar-refractivity contribution in [3.8, 4) is 0 Å². The Morgan fingerprint density at radius 2 is 1.93 bits per heavy atom. The van der Waals surface area contributed by atoms with Crippen LogP contribution in [0.2, 0.25) is 0 Å².